The Hall–Kier alpha value is -2.81. The number of nitro benzene ring substituents is 1. The van der Waals surface area contributed by atoms with E-state index in [1.165, 1.54) is 35.6 Å². The number of nitrogens with zero attached hydrogens (tertiary/aromatic N) is 3. The van der Waals surface area contributed by atoms with Gasteiger partial charge in [0.05, 0.1) is 11.5 Å². The standard InChI is InChI=1S/C20H26N4O4S/c1-13(2)9-21-19(25)17-12-29-18(22-17)11-23(10-14(3)4)20(26)15-5-7-16(8-6-15)24(27)28/h5-8,12-14H,9-11H2,1-4H3,(H,21,25). The molecule has 8 nitrogen and oxygen atoms in total. The second-order valence-electron chi connectivity index (χ2n) is 7.61. The van der Waals surface area contributed by atoms with E-state index in [2.05, 4.69) is 10.3 Å². The van der Waals surface area contributed by atoms with E-state index in [1.54, 1.807) is 10.3 Å². The van der Waals surface area contributed by atoms with Gasteiger partial charge in [-0.25, -0.2) is 4.98 Å². The minimum Gasteiger partial charge on any atom is -0.350 e. The van der Waals surface area contributed by atoms with Gasteiger partial charge in [-0.2, -0.15) is 0 Å². The molecule has 156 valence electrons. The number of aromatic nitrogens is 1. The van der Waals surface area contributed by atoms with Crippen LogP contribution in [0.5, 0.6) is 0 Å². The molecule has 0 aliphatic carbocycles. The van der Waals surface area contributed by atoms with Gasteiger partial charge in [-0.05, 0) is 24.0 Å². The first-order valence-electron chi connectivity index (χ1n) is 9.43. The van der Waals surface area contributed by atoms with Gasteiger partial charge >= 0.3 is 0 Å². The van der Waals surface area contributed by atoms with Gasteiger partial charge in [-0.15, -0.1) is 11.3 Å². The Morgan fingerprint density at radius 2 is 1.83 bits per heavy atom. The molecule has 0 saturated heterocycles. The largest absolute Gasteiger partial charge is 0.350 e. The molecule has 0 fully saturated rings. The lowest BCUT2D eigenvalue weighted by molar-refractivity contribution is -0.384. The van der Waals surface area contributed by atoms with E-state index in [0.29, 0.717) is 35.3 Å². The van der Waals surface area contributed by atoms with E-state index < -0.39 is 4.92 Å². The second-order valence-corrected chi connectivity index (χ2v) is 8.56. The molecule has 0 unspecified atom stereocenters. The molecule has 9 heteroatoms. The van der Waals surface area contributed by atoms with Crippen molar-refractivity contribution in [2.75, 3.05) is 13.1 Å². The molecule has 0 bridgehead atoms. The molecule has 1 heterocycles. The van der Waals surface area contributed by atoms with Gasteiger partial charge in [0.15, 0.2) is 0 Å². The number of rotatable bonds is 9. The molecule has 29 heavy (non-hydrogen) atoms. The van der Waals surface area contributed by atoms with E-state index in [0.717, 1.165) is 0 Å². The predicted octanol–water partition coefficient (Wildman–Crippen LogP) is 3.74. The van der Waals surface area contributed by atoms with Crippen molar-refractivity contribution >= 4 is 28.8 Å². The lowest BCUT2D eigenvalue weighted by atomic mass is 10.1. The van der Waals surface area contributed by atoms with Gasteiger partial charge in [0, 0.05) is 36.2 Å². The smallest absolute Gasteiger partial charge is 0.270 e. The van der Waals surface area contributed by atoms with Gasteiger partial charge in [0.1, 0.15) is 10.7 Å². The zero-order valence-electron chi connectivity index (χ0n) is 17.0. The summed E-state index contributed by atoms with van der Waals surface area (Å²) in [4.78, 5) is 41.4. The average molecular weight is 419 g/mol. The maximum atomic E-state index is 12.9. The van der Waals surface area contributed by atoms with Crippen LogP contribution in [0.15, 0.2) is 29.6 Å². The maximum Gasteiger partial charge on any atom is 0.270 e. The fourth-order valence-corrected chi connectivity index (χ4v) is 3.40. The summed E-state index contributed by atoms with van der Waals surface area (Å²) in [7, 11) is 0. The van der Waals surface area contributed by atoms with Crippen LogP contribution in [0.2, 0.25) is 0 Å². The normalized spacial score (nSPS) is 11.0. The highest BCUT2D eigenvalue weighted by molar-refractivity contribution is 7.09. The zero-order valence-corrected chi connectivity index (χ0v) is 17.9. The quantitative estimate of drug-likeness (QED) is 0.493. The first kappa shape index (κ1) is 22.5. The molecule has 2 aromatic rings. The first-order valence-corrected chi connectivity index (χ1v) is 10.3. The number of carbonyl (C=O) groups excluding carboxylic acids is 2. The van der Waals surface area contributed by atoms with E-state index >= 15 is 0 Å². The Morgan fingerprint density at radius 1 is 1.17 bits per heavy atom. The Kier molecular flexibility index (Phi) is 7.83. The third kappa shape index (κ3) is 6.63. The summed E-state index contributed by atoms with van der Waals surface area (Å²) >= 11 is 1.33. The Bertz CT molecular complexity index is 862. The second kappa shape index (κ2) is 10.1. The minimum atomic E-state index is -0.498. The molecule has 1 aromatic heterocycles. The van der Waals surface area contributed by atoms with Crippen LogP contribution >= 0.6 is 11.3 Å². The summed E-state index contributed by atoms with van der Waals surface area (Å²) in [5, 5.41) is 16.0. The molecular formula is C20H26N4O4S. The van der Waals surface area contributed by atoms with Crippen molar-refractivity contribution in [2.24, 2.45) is 11.8 Å². The molecule has 0 spiro atoms. The highest BCUT2D eigenvalue weighted by Crippen LogP contribution is 2.18. The number of nitro groups is 1. The van der Waals surface area contributed by atoms with Gasteiger partial charge < -0.3 is 10.2 Å². The van der Waals surface area contributed by atoms with Crippen LogP contribution in [-0.4, -0.2) is 39.7 Å². The molecule has 0 radical (unpaired) electrons. The third-order valence-electron chi connectivity index (χ3n) is 3.98. The zero-order chi connectivity index (χ0) is 21.6. The molecule has 2 rings (SSSR count). The van der Waals surface area contributed by atoms with Crippen LogP contribution in [0.1, 0.15) is 53.5 Å². The van der Waals surface area contributed by atoms with Crippen molar-refractivity contribution in [3.05, 3.63) is 56.0 Å². The Morgan fingerprint density at radius 3 is 2.38 bits per heavy atom. The monoisotopic (exact) mass is 418 g/mol. The van der Waals surface area contributed by atoms with E-state index in [4.69, 9.17) is 0 Å². The third-order valence-corrected chi connectivity index (χ3v) is 4.81. The summed E-state index contributed by atoms with van der Waals surface area (Å²) in [6, 6.07) is 5.56. The van der Waals surface area contributed by atoms with Crippen LogP contribution in [0.25, 0.3) is 0 Å². The van der Waals surface area contributed by atoms with Gasteiger partial charge in [-0.1, -0.05) is 27.7 Å². The topological polar surface area (TPSA) is 105 Å². The van der Waals surface area contributed by atoms with Crippen LogP contribution in [0, 0.1) is 22.0 Å². The summed E-state index contributed by atoms with van der Waals surface area (Å²) in [5.41, 5.74) is 0.662. The number of amides is 2. The molecule has 0 aliphatic rings. The SMILES string of the molecule is CC(C)CNC(=O)c1csc(CN(CC(C)C)C(=O)c2ccc([N+](=O)[O-])cc2)n1. The summed E-state index contributed by atoms with van der Waals surface area (Å²) in [6.07, 6.45) is 0. The fourth-order valence-electron chi connectivity index (χ4n) is 2.61. The van der Waals surface area contributed by atoms with Gasteiger partial charge in [0.2, 0.25) is 0 Å². The van der Waals surface area contributed by atoms with Crippen molar-refractivity contribution in [1.29, 1.82) is 0 Å². The van der Waals surface area contributed by atoms with E-state index in [9.17, 15) is 19.7 Å². The Balaban J connectivity index is 2.13. The molecule has 2 amide bonds. The van der Waals surface area contributed by atoms with Gasteiger partial charge in [-0.3, -0.25) is 19.7 Å². The van der Waals surface area contributed by atoms with E-state index in [-0.39, 0.29) is 30.0 Å². The average Bonchev–Trinajstić information content (AvgIpc) is 3.13. The van der Waals surface area contributed by atoms with Crippen LogP contribution in [-0.2, 0) is 6.54 Å². The molecule has 0 aliphatic heterocycles. The number of non-ortho nitro benzene ring substituents is 1. The lowest BCUT2D eigenvalue weighted by Crippen LogP contribution is -2.33. The number of thiazole rings is 1. The van der Waals surface area contributed by atoms with Gasteiger partial charge in [0.25, 0.3) is 17.5 Å². The van der Waals surface area contributed by atoms with Crippen molar-refractivity contribution in [3.8, 4) is 0 Å². The van der Waals surface area contributed by atoms with Crippen molar-refractivity contribution < 1.29 is 14.5 Å². The summed E-state index contributed by atoms with van der Waals surface area (Å²) in [6.45, 7) is 9.39. The molecule has 0 atom stereocenters. The summed E-state index contributed by atoms with van der Waals surface area (Å²) in [5.74, 6) is 0.122. The lowest BCUT2D eigenvalue weighted by Gasteiger charge is -2.23. The number of hydrogen-bond donors (Lipinski definition) is 1. The fraction of sp³-hybridized carbons (Fsp3) is 0.450. The minimum absolute atomic E-state index is 0.0612. The highest BCUT2D eigenvalue weighted by Gasteiger charge is 2.20. The number of carbonyl (C=O) groups is 2. The van der Waals surface area contributed by atoms with Crippen LogP contribution in [0.3, 0.4) is 0 Å². The molecule has 1 aromatic carbocycles. The molecular weight excluding hydrogens is 392 g/mol. The van der Waals surface area contributed by atoms with Crippen molar-refractivity contribution in [2.45, 2.75) is 34.2 Å². The van der Waals surface area contributed by atoms with Crippen molar-refractivity contribution in [1.82, 2.24) is 15.2 Å². The van der Waals surface area contributed by atoms with Crippen LogP contribution < -0.4 is 5.32 Å². The molecule has 1 N–H and O–H groups in total. The first-order chi connectivity index (χ1) is 13.7. The maximum absolute atomic E-state index is 12.9. The molecule has 0 saturated carbocycles. The van der Waals surface area contributed by atoms with Crippen molar-refractivity contribution in [3.63, 3.8) is 0 Å². The Labute approximate surface area is 174 Å². The number of benzene rings is 1. The van der Waals surface area contributed by atoms with Crippen LogP contribution in [0.4, 0.5) is 5.69 Å². The summed E-state index contributed by atoms with van der Waals surface area (Å²) < 4.78 is 0. The van der Waals surface area contributed by atoms with E-state index in [1.807, 2.05) is 27.7 Å². The number of hydrogen-bond acceptors (Lipinski definition) is 6. The predicted molar refractivity (Wildman–Crippen MR) is 112 cm³/mol. The number of nitrogens with one attached hydrogen (secondary N) is 1. The highest BCUT2D eigenvalue weighted by atomic mass is 32.1.